The van der Waals surface area contributed by atoms with Gasteiger partial charge < -0.3 is 29.8 Å². The molecule has 4 N–H and O–H groups in total. The summed E-state index contributed by atoms with van der Waals surface area (Å²) in [5.74, 6) is -0.230. The molecule has 18 heavy (non-hydrogen) atoms. The van der Waals surface area contributed by atoms with Crippen molar-refractivity contribution < 1.29 is 29.6 Å². The summed E-state index contributed by atoms with van der Waals surface area (Å²) >= 11 is 0. The van der Waals surface area contributed by atoms with Crippen LogP contribution in [0.2, 0.25) is 0 Å². The van der Waals surface area contributed by atoms with E-state index in [0.29, 0.717) is 5.82 Å². The fourth-order valence-corrected chi connectivity index (χ4v) is 1.67. The second-order valence-electron chi connectivity index (χ2n) is 3.91. The van der Waals surface area contributed by atoms with Crippen LogP contribution < -0.4 is 0 Å². The number of H-pyrrole nitrogens is 1. The van der Waals surface area contributed by atoms with E-state index in [9.17, 15) is 15.0 Å². The first-order chi connectivity index (χ1) is 8.61. The Morgan fingerprint density at radius 2 is 2.28 bits per heavy atom. The summed E-state index contributed by atoms with van der Waals surface area (Å²) in [5, 5.41) is 27.9. The van der Waals surface area contributed by atoms with Gasteiger partial charge in [-0.3, -0.25) is 4.79 Å². The molecular weight excluding hydrogens is 244 g/mol. The Bertz CT molecular complexity index is 395. The second-order valence-corrected chi connectivity index (χ2v) is 3.91. The average Bonchev–Trinajstić information content (AvgIpc) is 2.93. The van der Waals surface area contributed by atoms with Gasteiger partial charge in [-0.05, 0) is 0 Å². The lowest BCUT2D eigenvalue weighted by atomic mass is 10.1. The minimum atomic E-state index is -1.37. The second kappa shape index (κ2) is 5.44. The van der Waals surface area contributed by atoms with Crippen molar-refractivity contribution in [2.45, 2.75) is 31.0 Å². The highest BCUT2D eigenvalue weighted by Gasteiger charge is 2.44. The summed E-state index contributed by atoms with van der Waals surface area (Å²) in [7, 11) is 0. The van der Waals surface area contributed by atoms with E-state index < -0.39 is 37.2 Å². The van der Waals surface area contributed by atoms with Gasteiger partial charge >= 0.3 is 5.97 Å². The molecule has 0 saturated carbocycles. The van der Waals surface area contributed by atoms with Crippen molar-refractivity contribution in [3.63, 3.8) is 0 Å². The highest BCUT2D eigenvalue weighted by molar-refractivity contribution is 5.71. The fourth-order valence-electron chi connectivity index (χ4n) is 1.67. The first-order valence-electron chi connectivity index (χ1n) is 5.42. The maximum Gasteiger partial charge on any atom is 0.315 e. The van der Waals surface area contributed by atoms with Crippen LogP contribution in [0.3, 0.4) is 0 Å². The van der Waals surface area contributed by atoms with Crippen LogP contribution in [-0.2, 0) is 20.7 Å². The van der Waals surface area contributed by atoms with E-state index in [-0.39, 0.29) is 6.42 Å². The Labute approximate surface area is 102 Å². The highest BCUT2D eigenvalue weighted by Crippen LogP contribution is 2.22. The summed E-state index contributed by atoms with van der Waals surface area (Å²) in [6.45, 7) is -0.468. The molecule has 8 heteroatoms. The van der Waals surface area contributed by atoms with E-state index in [0.717, 1.165) is 0 Å². The van der Waals surface area contributed by atoms with Gasteiger partial charge in [-0.15, -0.1) is 0 Å². The quantitative estimate of drug-likeness (QED) is 0.457. The van der Waals surface area contributed by atoms with Gasteiger partial charge in [0.1, 0.15) is 30.6 Å². The molecule has 0 bridgehead atoms. The van der Waals surface area contributed by atoms with Crippen LogP contribution in [0.5, 0.6) is 0 Å². The van der Waals surface area contributed by atoms with E-state index in [1.807, 2.05) is 0 Å². The number of nitrogens with zero attached hydrogens (tertiary/aromatic N) is 1. The van der Waals surface area contributed by atoms with Crippen molar-refractivity contribution in [3.8, 4) is 0 Å². The zero-order valence-corrected chi connectivity index (χ0v) is 9.39. The molecule has 0 aromatic carbocycles. The fraction of sp³-hybridized carbons (Fsp3) is 0.600. The van der Waals surface area contributed by atoms with Gasteiger partial charge in [0.05, 0.1) is 6.61 Å². The van der Waals surface area contributed by atoms with E-state index in [1.54, 1.807) is 6.20 Å². The normalized spacial score (nSPS) is 31.5. The van der Waals surface area contributed by atoms with Crippen molar-refractivity contribution in [3.05, 3.63) is 18.2 Å². The molecule has 0 radical (unpaired) electrons. The van der Waals surface area contributed by atoms with Crippen LogP contribution >= 0.6 is 0 Å². The van der Waals surface area contributed by atoms with Crippen LogP contribution in [-0.4, -0.2) is 62.5 Å². The predicted octanol–water partition coefficient (Wildman–Crippen LogP) is -2.07. The van der Waals surface area contributed by atoms with Gasteiger partial charge in [0, 0.05) is 12.4 Å². The van der Waals surface area contributed by atoms with Gasteiger partial charge in [0.15, 0.2) is 0 Å². The van der Waals surface area contributed by atoms with Crippen molar-refractivity contribution in [1.29, 1.82) is 0 Å². The van der Waals surface area contributed by atoms with Crippen molar-refractivity contribution in [2.24, 2.45) is 0 Å². The molecule has 1 aliphatic heterocycles. The SMILES string of the molecule is O=C(Cc1ncc[nH]1)OC1O[C@H](CO)[C@@H](O)[C@H]1O. The number of ether oxygens (including phenoxy) is 2. The summed E-state index contributed by atoms with van der Waals surface area (Å²) in [4.78, 5) is 18.1. The number of esters is 1. The summed E-state index contributed by atoms with van der Waals surface area (Å²) in [5.41, 5.74) is 0. The van der Waals surface area contributed by atoms with Crippen molar-refractivity contribution in [1.82, 2.24) is 9.97 Å². The number of aromatic nitrogens is 2. The number of aromatic amines is 1. The number of aliphatic hydroxyl groups is 3. The third-order valence-electron chi connectivity index (χ3n) is 2.61. The molecule has 1 saturated heterocycles. The lowest BCUT2D eigenvalue weighted by Gasteiger charge is -2.14. The molecule has 1 aromatic rings. The largest absolute Gasteiger partial charge is 0.432 e. The predicted molar refractivity (Wildman–Crippen MR) is 56.1 cm³/mol. The monoisotopic (exact) mass is 258 g/mol. The molecule has 2 rings (SSSR count). The number of aliphatic hydroxyl groups excluding tert-OH is 3. The zero-order valence-electron chi connectivity index (χ0n) is 9.39. The molecule has 1 aromatic heterocycles. The molecular formula is C10H14N2O6. The zero-order chi connectivity index (χ0) is 13.1. The number of carbonyl (C=O) groups is 1. The number of hydrogen-bond donors (Lipinski definition) is 4. The number of carbonyl (C=O) groups excluding carboxylic acids is 1. The van der Waals surface area contributed by atoms with E-state index in [1.165, 1.54) is 6.20 Å². The number of hydrogen-bond acceptors (Lipinski definition) is 7. The Morgan fingerprint density at radius 3 is 2.83 bits per heavy atom. The smallest absolute Gasteiger partial charge is 0.315 e. The Hall–Kier alpha value is -1.48. The topological polar surface area (TPSA) is 125 Å². The molecule has 0 aliphatic carbocycles. The van der Waals surface area contributed by atoms with E-state index >= 15 is 0 Å². The number of imidazole rings is 1. The van der Waals surface area contributed by atoms with Crippen LogP contribution in [0.1, 0.15) is 5.82 Å². The lowest BCUT2D eigenvalue weighted by Crippen LogP contribution is -2.35. The summed E-state index contributed by atoms with van der Waals surface area (Å²) in [6, 6.07) is 0. The molecule has 1 aliphatic rings. The molecule has 0 spiro atoms. The molecule has 8 nitrogen and oxygen atoms in total. The molecule has 4 atom stereocenters. The average molecular weight is 258 g/mol. The molecule has 1 fully saturated rings. The minimum Gasteiger partial charge on any atom is -0.432 e. The van der Waals surface area contributed by atoms with Crippen LogP contribution in [0.15, 0.2) is 12.4 Å². The Kier molecular flexibility index (Phi) is 3.92. The number of rotatable bonds is 4. The molecule has 2 heterocycles. The van der Waals surface area contributed by atoms with Gasteiger partial charge in [0.25, 0.3) is 0 Å². The minimum absolute atomic E-state index is 0.0978. The standard InChI is InChI=1S/C10H14N2O6/c13-4-5-8(15)9(16)10(17-5)18-7(14)3-6-11-1-2-12-6/h1-2,5,8-10,13,15-16H,3-4H2,(H,11,12)/t5-,8-,9-,10?/m1/s1. The van der Waals surface area contributed by atoms with E-state index in [2.05, 4.69) is 9.97 Å². The Balaban J connectivity index is 1.88. The van der Waals surface area contributed by atoms with Crippen molar-refractivity contribution >= 4 is 5.97 Å². The molecule has 100 valence electrons. The summed E-state index contributed by atoms with van der Waals surface area (Å²) in [6.07, 6.45) is -1.93. The first-order valence-corrected chi connectivity index (χ1v) is 5.42. The van der Waals surface area contributed by atoms with Crippen LogP contribution in [0.25, 0.3) is 0 Å². The van der Waals surface area contributed by atoms with Gasteiger partial charge in [-0.2, -0.15) is 0 Å². The van der Waals surface area contributed by atoms with Crippen LogP contribution in [0, 0.1) is 0 Å². The highest BCUT2D eigenvalue weighted by atomic mass is 16.7. The lowest BCUT2D eigenvalue weighted by molar-refractivity contribution is -0.189. The Morgan fingerprint density at radius 1 is 1.50 bits per heavy atom. The first kappa shape index (κ1) is 13.0. The van der Waals surface area contributed by atoms with Gasteiger partial charge in [-0.1, -0.05) is 0 Å². The molecule has 0 amide bonds. The van der Waals surface area contributed by atoms with Gasteiger partial charge in [0.2, 0.25) is 6.29 Å². The summed E-state index contributed by atoms with van der Waals surface area (Å²) < 4.78 is 9.86. The molecule has 1 unspecified atom stereocenters. The third kappa shape index (κ3) is 2.67. The van der Waals surface area contributed by atoms with E-state index in [4.69, 9.17) is 14.6 Å². The maximum atomic E-state index is 11.5. The third-order valence-corrected chi connectivity index (χ3v) is 2.61. The number of nitrogens with one attached hydrogen (secondary N) is 1. The van der Waals surface area contributed by atoms with Crippen LogP contribution in [0.4, 0.5) is 0 Å². The maximum absolute atomic E-state index is 11.5. The van der Waals surface area contributed by atoms with Gasteiger partial charge in [-0.25, -0.2) is 4.98 Å². The van der Waals surface area contributed by atoms with Crippen molar-refractivity contribution in [2.75, 3.05) is 6.61 Å².